The Morgan fingerprint density at radius 3 is 2.68 bits per heavy atom. The Morgan fingerprint density at radius 2 is 1.93 bits per heavy atom. The summed E-state index contributed by atoms with van der Waals surface area (Å²) in [5.74, 6) is 1.73. The Kier molecular flexibility index (Phi) is 5.98. The predicted octanol–water partition coefficient (Wildman–Crippen LogP) is 4.15. The topological polar surface area (TPSA) is 72.4 Å². The fourth-order valence-electron chi connectivity index (χ4n) is 4.55. The number of fused-ring (bicyclic) bond motifs is 2. The van der Waals surface area contributed by atoms with Crippen LogP contribution in [-0.4, -0.2) is 34.9 Å². The van der Waals surface area contributed by atoms with Gasteiger partial charge in [0.2, 0.25) is 0 Å². The number of halogens is 2. The molecule has 1 aromatic carbocycles. The second-order valence-electron chi connectivity index (χ2n) is 7.42. The van der Waals surface area contributed by atoms with Gasteiger partial charge in [-0.3, -0.25) is 4.79 Å². The lowest BCUT2D eigenvalue weighted by molar-refractivity contribution is 0.0781. The molecule has 3 heterocycles. The number of hydrogen-bond acceptors (Lipinski definition) is 4. The average molecular weight is 420 g/mol. The summed E-state index contributed by atoms with van der Waals surface area (Å²) in [6, 6.07) is 13.6. The number of hydrogen-bond donors (Lipinski definition) is 1. The summed E-state index contributed by atoms with van der Waals surface area (Å²) in [6.45, 7) is 1.57. The van der Waals surface area contributed by atoms with E-state index in [-0.39, 0.29) is 36.8 Å². The van der Waals surface area contributed by atoms with Crippen LogP contribution in [0.5, 0.6) is 0 Å². The maximum absolute atomic E-state index is 13.3. The quantitative estimate of drug-likeness (QED) is 0.676. The van der Waals surface area contributed by atoms with E-state index in [1.54, 1.807) is 6.26 Å². The third-order valence-corrected chi connectivity index (χ3v) is 5.92. The molecule has 1 aliphatic heterocycles. The predicted molar refractivity (Wildman–Crippen MR) is 114 cm³/mol. The first-order valence-electron chi connectivity index (χ1n) is 9.19. The number of nitrogens with zero attached hydrogens (tertiary/aromatic N) is 2. The van der Waals surface area contributed by atoms with E-state index in [9.17, 15) is 4.79 Å². The first-order chi connectivity index (χ1) is 12.7. The van der Waals surface area contributed by atoms with Crippen molar-refractivity contribution in [1.29, 1.82) is 0 Å². The molecule has 2 aliphatic rings. The number of nitrogens with two attached hydrogens (primary N) is 1. The van der Waals surface area contributed by atoms with Crippen LogP contribution in [0.3, 0.4) is 0 Å². The lowest BCUT2D eigenvalue weighted by Gasteiger charge is -2.20. The highest BCUT2D eigenvalue weighted by atomic mass is 35.5. The molecular weight excluding hydrogens is 397 g/mol. The molecule has 28 heavy (non-hydrogen) atoms. The van der Waals surface area contributed by atoms with E-state index in [4.69, 9.17) is 10.2 Å². The molecule has 2 aromatic heterocycles. The number of amides is 1. The number of furan rings is 1. The molecule has 3 aromatic rings. The Labute approximate surface area is 176 Å². The van der Waals surface area contributed by atoms with Gasteiger partial charge in [-0.05, 0) is 48.9 Å². The normalized spacial score (nSPS) is 23.2. The van der Waals surface area contributed by atoms with Gasteiger partial charge in [0.15, 0.2) is 5.76 Å². The minimum absolute atomic E-state index is 0. The SMILES string of the molecule is Cl.Cl.NC1CCC2CN(C(=O)c3cc(-c4ccco4)nc4ccccc34)CC12. The minimum Gasteiger partial charge on any atom is -0.463 e. The van der Waals surface area contributed by atoms with Gasteiger partial charge in [-0.25, -0.2) is 4.98 Å². The van der Waals surface area contributed by atoms with Gasteiger partial charge in [0.1, 0.15) is 5.69 Å². The smallest absolute Gasteiger partial charge is 0.254 e. The van der Waals surface area contributed by atoms with Gasteiger partial charge in [0.05, 0.1) is 17.3 Å². The molecule has 0 bridgehead atoms. The molecule has 1 amide bonds. The molecule has 2 fully saturated rings. The molecule has 0 radical (unpaired) electrons. The maximum Gasteiger partial charge on any atom is 0.254 e. The highest BCUT2D eigenvalue weighted by Crippen LogP contribution is 2.38. The monoisotopic (exact) mass is 419 g/mol. The van der Waals surface area contributed by atoms with E-state index >= 15 is 0 Å². The highest BCUT2D eigenvalue weighted by Gasteiger charge is 2.42. The first kappa shape index (κ1) is 20.6. The molecule has 5 nitrogen and oxygen atoms in total. The fourth-order valence-corrected chi connectivity index (χ4v) is 4.55. The number of likely N-dealkylation sites (tertiary alicyclic amines) is 1. The van der Waals surface area contributed by atoms with Crippen molar-refractivity contribution in [3.63, 3.8) is 0 Å². The molecule has 1 aliphatic carbocycles. The van der Waals surface area contributed by atoms with Gasteiger partial charge >= 0.3 is 0 Å². The van der Waals surface area contributed by atoms with Crippen molar-refractivity contribution in [3.05, 3.63) is 54.3 Å². The second kappa shape index (κ2) is 8.11. The van der Waals surface area contributed by atoms with Crippen molar-refractivity contribution < 1.29 is 9.21 Å². The lowest BCUT2D eigenvalue weighted by atomic mass is 9.98. The molecule has 3 unspecified atom stereocenters. The molecule has 0 spiro atoms. The summed E-state index contributed by atoms with van der Waals surface area (Å²) in [7, 11) is 0. The molecular formula is C21H23Cl2N3O2. The van der Waals surface area contributed by atoms with Crippen molar-refractivity contribution >= 4 is 41.6 Å². The van der Waals surface area contributed by atoms with Gasteiger partial charge in [-0.1, -0.05) is 18.2 Å². The van der Waals surface area contributed by atoms with E-state index < -0.39 is 0 Å². The van der Waals surface area contributed by atoms with Crippen LogP contribution in [0.15, 0.2) is 53.1 Å². The highest BCUT2D eigenvalue weighted by molar-refractivity contribution is 6.07. The zero-order valence-electron chi connectivity index (χ0n) is 15.3. The van der Waals surface area contributed by atoms with Crippen molar-refractivity contribution in [2.75, 3.05) is 13.1 Å². The van der Waals surface area contributed by atoms with Gasteiger partial charge in [0, 0.05) is 24.5 Å². The van der Waals surface area contributed by atoms with Crippen molar-refractivity contribution in [2.24, 2.45) is 17.6 Å². The molecule has 2 N–H and O–H groups in total. The Bertz CT molecular complexity index is 977. The van der Waals surface area contributed by atoms with E-state index in [2.05, 4.69) is 4.98 Å². The summed E-state index contributed by atoms with van der Waals surface area (Å²) < 4.78 is 5.50. The number of benzene rings is 1. The van der Waals surface area contributed by atoms with Crippen LogP contribution < -0.4 is 5.73 Å². The molecule has 1 saturated carbocycles. The number of carbonyl (C=O) groups excluding carboxylic acids is 1. The van der Waals surface area contributed by atoms with Crippen LogP contribution in [0.2, 0.25) is 0 Å². The number of rotatable bonds is 2. The average Bonchev–Trinajstić information content (AvgIpc) is 3.39. The Morgan fingerprint density at radius 1 is 1.11 bits per heavy atom. The van der Waals surface area contributed by atoms with Crippen LogP contribution in [-0.2, 0) is 0 Å². The molecule has 1 saturated heterocycles. The first-order valence-corrected chi connectivity index (χ1v) is 9.19. The van der Waals surface area contributed by atoms with Crippen molar-refractivity contribution in [1.82, 2.24) is 9.88 Å². The van der Waals surface area contributed by atoms with Gasteiger partial charge in [0.25, 0.3) is 5.91 Å². The van der Waals surface area contributed by atoms with Crippen LogP contribution in [0, 0.1) is 11.8 Å². The zero-order valence-corrected chi connectivity index (χ0v) is 16.9. The second-order valence-corrected chi connectivity index (χ2v) is 7.42. The standard InChI is InChI=1S/C21H21N3O2.2ClH/c22-17-8-7-13-11-24(12-16(13)17)21(25)15-10-19(20-6-3-9-26-20)23-18-5-2-1-4-14(15)18;;/h1-6,9-10,13,16-17H,7-8,11-12,22H2;2*1H. The summed E-state index contributed by atoms with van der Waals surface area (Å²) in [4.78, 5) is 20.0. The number of pyridine rings is 1. The van der Waals surface area contributed by atoms with Crippen LogP contribution >= 0.6 is 24.8 Å². The van der Waals surface area contributed by atoms with E-state index in [0.29, 0.717) is 28.9 Å². The maximum atomic E-state index is 13.3. The lowest BCUT2D eigenvalue weighted by Crippen LogP contribution is -2.33. The third kappa shape index (κ3) is 3.39. The Balaban J connectivity index is 0.00000112. The summed E-state index contributed by atoms with van der Waals surface area (Å²) in [5, 5.41) is 0.883. The zero-order chi connectivity index (χ0) is 17.7. The van der Waals surface area contributed by atoms with Crippen LogP contribution in [0.1, 0.15) is 23.2 Å². The molecule has 3 atom stereocenters. The van der Waals surface area contributed by atoms with E-state index in [0.717, 1.165) is 36.8 Å². The van der Waals surface area contributed by atoms with Gasteiger partial charge in [-0.2, -0.15) is 0 Å². The number of carbonyl (C=O) groups is 1. The van der Waals surface area contributed by atoms with Crippen LogP contribution in [0.25, 0.3) is 22.4 Å². The summed E-state index contributed by atoms with van der Waals surface area (Å²) in [5.41, 5.74) is 8.42. The van der Waals surface area contributed by atoms with E-state index in [1.807, 2.05) is 47.4 Å². The largest absolute Gasteiger partial charge is 0.463 e. The number of aromatic nitrogens is 1. The summed E-state index contributed by atoms with van der Waals surface area (Å²) in [6.07, 6.45) is 3.83. The molecule has 7 heteroatoms. The fraction of sp³-hybridized carbons (Fsp3) is 0.333. The number of para-hydroxylation sites is 1. The van der Waals surface area contributed by atoms with E-state index in [1.165, 1.54) is 0 Å². The van der Waals surface area contributed by atoms with Gasteiger partial charge in [-0.15, -0.1) is 24.8 Å². The molecule has 148 valence electrons. The van der Waals surface area contributed by atoms with Crippen molar-refractivity contribution in [2.45, 2.75) is 18.9 Å². The van der Waals surface area contributed by atoms with Crippen LogP contribution in [0.4, 0.5) is 0 Å². The third-order valence-electron chi connectivity index (χ3n) is 5.92. The minimum atomic E-state index is 0. The summed E-state index contributed by atoms with van der Waals surface area (Å²) >= 11 is 0. The molecule has 5 rings (SSSR count). The Hall–Kier alpha value is -2.08. The van der Waals surface area contributed by atoms with Crippen molar-refractivity contribution in [3.8, 4) is 11.5 Å². The van der Waals surface area contributed by atoms with Gasteiger partial charge < -0.3 is 15.1 Å².